The Labute approximate surface area is 108 Å². The number of aromatic nitrogens is 4. The zero-order valence-corrected chi connectivity index (χ0v) is 10.8. The second-order valence-corrected chi connectivity index (χ2v) is 4.42. The maximum Gasteiger partial charge on any atom is 0.282 e. The summed E-state index contributed by atoms with van der Waals surface area (Å²) >= 11 is 1.20. The van der Waals surface area contributed by atoms with Crippen LogP contribution in [0.1, 0.15) is 21.3 Å². The van der Waals surface area contributed by atoms with Crippen molar-refractivity contribution in [2.24, 2.45) is 0 Å². The van der Waals surface area contributed by atoms with Gasteiger partial charge in [-0.05, 0) is 13.0 Å². The van der Waals surface area contributed by atoms with E-state index in [4.69, 9.17) is 0 Å². The predicted molar refractivity (Wildman–Crippen MR) is 67.4 cm³/mol. The van der Waals surface area contributed by atoms with Crippen LogP contribution in [0.4, 0.5) is 5.13 Å². The van der Waals surface area contributed by atoms with E-state index in [0.717, 1.165) is 5.69 Å². The van der Waals surface area contributed by atoms with E-state index in [0.29, 0.717) is 22.5 Å². The molecule has 18 heavy (non-hydrogen) atoms. The summed E-state index contributed by atoms with van der Waals surface area (Å²) in [6, 6.07) is 1.76. The summed E-state index contributed by atoms with van der Waals surface area (Å²) in [5, 5.41) is 14.1. The Bertz CT molecular complexity index is 555. The van der Waals surface area contributed by atoms with Crippen LogP contribution in [0.5, 0.6) is 0 Å². The molecule has 8 heteroatoms. The molecule has 2 N–H and O–H groups in total. The van der Waals surface area contributed by atoms with Gasteiger partial charge < -0.3 is 10.6 Å². The van der Waals surface area contributed by atoms with Gasteiger partial charge in [-0.15, -0.1) is 10.2 Å². The van der Waals surface area contributed by atoms with Gasteiger partial charge in [0.2, 0.25) is 10.1 Å². The predicted octanol–water partition coefficient (Wildman–Crippen LogP) is 0.608. The van der Waals surface area contributed by atoms with Crippen molar-refractivity contribution in [3.05, 3.63) is 28.8 Å². The van der Waals surface area contributed by atoms with Crippen molar-refractivity contribution in [1.29, 1.82) is 0 Å². The lowest BCUT2D eigenvalue weighted by Crippen LogP contribution is -2.23. The summed E-state index contributed by atoms with van der Waals surface area (Å²) in [5.41, 5.74) is 0.759. The molecule has 0 aliphatic carbocycles. The maximum atomic E-state index is 11.8. The van der Waals surface area contributed by atoms with Crippen LogP contribution in [0.3, 0.4) is 0 Å². The summed E-state index contributed by atoms with van der Waals surface area (Å²) in [5.74, 6) is 0.417. The summed E-state index contributed by atoms with van der Waals surface area (Å²) in [6.45, 7) is 2.14. The fraction of sp³-hybridized carbons (Fsp3) is 0.300. The number of amides is 1. The fourth-order valence-corrected chi connectivity index (χ4v) is 1.88. The number of nitrogens with zero attached hydrogens (tertiary/aromatic N) is 4. The first-order valence-electron chi connectivity index (χ1n) is 5.27. The molecule has 0 aliphatic heterocycles. The molecule has 0 saturated heterocycles. The number of nitrogens with one attached hydrogen (secondary N) is 2. The second kappa shape index (κ2) is 5.50. The van der Waals surface area contributed by atoms with Crippen LogP contribution < -0.4 is 10.6 Å². The Kier molecular flexibility index (Phi) is 3.78. The quantitative estimate of drug-likeness (QED) is 0.840. The molecular formula is C10H12N6OS. The fourth-order valence-electron chi connectivity index (χ4n) is 1.27. The molecule has 2 aromatic rings. The standard InChI is InChI=1S/C10H12N6OS/c1-6-12-4-3-7(14-6)5-13-8(17)9-15-16-10(11-2)18-9/h3-4H,5H2,1-2H3,(H,11,16)(H,13,17). The SMILES string of the molecule is CNc1nnc(C(=O)NCc2ccnc(C)n2)s1. The number of hydrogen-bond acceptors (Lipinski definition) is 7. The number of rotatable bonds is 4. The van der Waals surface area contributed by atoms with E-state index in [9.17, 15) is 4.79 Å². The third-order valence-corrected chi connectivity index (χ3v) is 3.04. The molecular weight excluding hydrogens is 252 g/mol. The first-order valence-corrected chi connectivity index (χ1v) is 6.08. The van der Waals surface area contributed by atoms with Crippen LogP contribution in [0.2, 0.25) is 0 Å². The monoisotopic (exact) mass is 264 g/mol. The highest BCUT2D eigenvalue weighted by Crippen LogP contribution is 2.13. The molecule has 0 fully saturated rings. The van der Waals surface area contributed by atoms with Crippen LogP contribution >= 0.6 is 11.3 Å². The van der Waals surface area contributed by atoms with E-state index >= 15 is 0 Å². The van der Waals surface area contributed by atoms with Gasteiger partial charge in [0.05, 0.1) is 12.2 Å². The Balaban J connectivity index is 1.96. The summed E-state index contributed by atoms with van der Waals surface area (Å²) in [4.78, 5) is 19.9. The van der Waals surface area contributed by atoms with E-state index < -0.39 is 0 Å². The Morgan fingerprint density at radius 2 is 2.28 bits per heavy atom. The molecule has 0 atom stereocenters. The van der Waals surface area contributed by atoms with Gasteiger partial charge >= 0.3 is 0 Å². The molecule has 0 unspecified atom stereocenters. The van der Waals surface area contributed by atoms with Crippen LogP contribution in [-0.2, 0) is 6.54 Å². The van der Waals surface area contributed by atoms with Crippen LogP contribution in [-0.4, -0.2) is 33.1 Å². The Morgan fingerprint density at radius 3 is 2.94 bits per heavy atom. The molecule has 0 radical (unpaired) electrons. The minimum Gasteiger partial charge on any atom is -0.363 e. The van der Waals surface area contributed by atoms with Crippen molar-refractivity contribution in [3.8, 4) is 0 Å². The third kappa shape index (κ3) is 2.98. The number of carbonyl (C=O) groups is 1. The largest absolute Gasteiger partial charge is 0.363 e. The lowest BCUT2D eigenvalue weighted by atomic mass is 10.4. The van der Waals surface area contributed by atoms with Crippen LogP contribution in [0.15, 0.2) is 12.3 Å². The molecule has 7 nitrogen and oxygen atoms in total. The topological polar surface area (TPSA) is 92.7 Å². The van der Waals surface area contributed by atoms with Gasteiger partial charge in [-0.25, -0.2) is 9.97 Å². The molecule has 0 aromatic carbocycles. The molecule has 94 valence electrons. The molecule has 2 rings (SSSR count). The van der Waals surface area contributed by atoms with E-state index in [2.05, 4.69) is 30.8 Å². The smallest absolute Gasteiger partial charge is 0.282 e. The van der Waals surface area contributed by atoms with Gasteiger partial charge in [0.25, 0.3) is 5.91 Å². The molecule has 0 spiro atoms. The van der Waals surface area contributed by atoms with Gasteiger partial charge in [-0.2, -0.15) is 0 Å². The number of aryl methyl sites for hydroxylation is 1. The molecule has 1 amide bonds. The second-order valence-electron chi connectivity index (χ2n) is 3.44. The van der Waals surface area contributed by atoms with Gasteiger partial charge in [0, 0.05) is 13.2 Å². The zero-order chi connectivity index (χ0) is 13.0. The van der Waals surface area contributed by atoms with Crippen molar-refractivity contribution in [1.82, 2.24) is 25.5 Å². The van der Waals surface area contributed by atoms with Crippen molar-refractivity contribution >= 4 is 22.4 Å². The Hall–Kier alpha value is -2.09. The maximum absolute atomic E-state index is 11.8. The molecule has 2 aromatic heterocycles. The average molecular weight is 264 g/mol. The molecule has 0 aliphatic rings. The molecule has 2 heterocycles. The lowest BCUT2D eigenvalue weighted by Gasteiger charge is -2.02. The lowest BCUT2D eigenvalue weighted by molar-refractivity contribution is 0.0949. The van der Waals surface area contributed by atoms with Gasteiger partial charge in [-0.1, -0.05) is 11.3 Å². The normalized spacial score (nSPS) is 10.1. The van der Waals surface area contributed by atoms with Gasteiger partial charge in [-0.3, -0.25) is 4.79 Å². The van der Waals surface area contributed by atoms with E-state index in [1.54, 1.807) is 26.2 Å². The average Bonchev–Trinajstić information content (AvgIpc) is 2.85. The van der Waals surface area contributed by atoms with Gasteiger partial charge in [0.1, 0.15) is 5.82 Å². The minimum absolute atomic E-state index is 0.259. The van der Waals surface area contributed by atoms with Crippen LogP contribution in [0, 0.1) is 6.92 Å². The van der Waals surface area contributed by atoms with Crippen molar-refractivity contribution < 1.29 is 4.79 Å². The third-order valence-electron chi connectivity index (χ3n) is 2.10. The van der Waals surface area contributed by atoms with Crippen molar-refractivity contribution in [2.45, 2.75) is 13.5 Å². The molecule has 0 bridgehead atoms. The highest BCUT2D eigenvalue weighted by Gasteiger charge is 2.11. The van der Waals surface area contributed by atoms with E-state index in [-0.39, 0.29) is 5.91 Å². The van der Waals surface area contributed by atoms with E-state index in [1.807, 2.05) is 0 Å². The first-order chi connectivity index (χ1) is 8.69. The minimum atomic E-state index is -0.259. The number of carbonyl (C=O) groups excluding carboxylic acids is 1. The van der Waals surface area contributed by atoms with Gasteiger partial charge in [0.15, 0.2) is 0 Å². The zero-order valence-electron chi connectivity index (χ0n) is 9.97. The number of anilines is 1. The Morgan fingerprint density at radius 1 is 1.44 bits per heavy atom. The molecule has 0 saturated carbocycles. The highest BCUT2D eigenvalue weighted by molar-refractivity contribution is 7.17. The van der Waals surface area contributed by atoms with Crippen molar-refractivity contribution in [2.75, 3.05) is 12.4 Å². The van der Waals surface area contributed by atoms with E-state index in [1.165, 1.54) is 11.3 Å². The first kappa shape index (κ1) is 12.4. The summed E-state index contributed by atoms with van der Waals surface area (Å²) in [7, 11) is 1.73. The highest BCUT2D eigenvalue weighted by atomic mass is 32.1. The summed E-state index contributed by atoms with van der Waals surface area (Å²) in [6.07, 6.45) is 1.66. The van der Waals surface area contributed by atoms with Crippen molar-refractivity contribution in [3.63, 3.8) is 0 Å². The number of hydrogen-bond donors (Lipinski definition) is 2. The summed E-state index contributed by atoms with van der Waals surface area (Å²) < 4.78 is 0. The van der Waals surface area contributed by atoms with Crippen LogP contribution in [0.25, 0.3) is 0 Å².